The van der Waals surface area contributed by atoms with Gasteiger partial charge in [-0.25, -0.2) is 4.98 Å². The van der Waals surface area contributed by atoms with Crippen LogP contribution in [-0.2, 0) is 0 Å². The Morgan fingerprint density at radius 1 is 1.23 bits per heavy atom. The molecule has 22 heavy (non-hydrogen) atoms. The van der Waals surface area contributed by atoms with E-state index in [1.165, 1.54) is 12.8 Å². The van der Waals surface area contributed by atoms with Gasteiger partial charge in [0.15, 0.2) is 0 Å². The average Bonchev–Trinajstić information content (AvgIpc) is 2.49. The maximum atomic E-state index is 5.92. The van der Waals surface area contributed by atoms with Gasteiger partial charge in [0.05, 0.1) is 0 Å². The molecule has 3 rings (SSSR count). The van der Waals surface area contributed by atoms with Crippen LogP contribution in [0.25, 0.3) is 0 Å². The van der Waals surface area contributed by atoms with Gasteiger partial charge in [-0.05, 0) is 49.9 Å². The number of piperidine rings is 1. The number of nitrogens with zero attached hydrogens (tertiary/aromatic N) is 3. The summed E-state index contributed by atoms with van der Waals surface area (Å²) in [7, 11) is 0. The number of hydrogen-bond acceptors (Lipinski definition) is 4. The van der Waals surface area contributed by atoms with Crippen molar-refractivity contribution in [3.8, 4) is 0 Å². The van der Waals surface area contributed by atoms with E-state index in [0.717, 1.165) is 41.3 Å². The molecule has 1 aromatic heterocycles. The van der Waals surface area contributed by atoms with Crippen LogP contribution in [0.3, 0.4) is 0 Å². The molecule has 0 radical (unpaired) electrons. The van der Waals surface area contributed by atoms with E-state index in [1.54, 1.807) is 0 Å². The Morgan fingerprint density at radius 2 is 2.00 bits per heavy atom. The van der Waals surface area contributed by atoms with Crippen LogP contribution >= 0.6 is 11.6 Å². The van der Waals surface area contributed by atoms with Crippen molar-refractivity contribution in [1.29, 1.82) is 0 Å². The van der Waals surface area contributed by atoms with E-state index in [1.807, 2.05) is 37.3 Å². The summed E-state index contributed by atoms with van der Waals surface area (Å²) < 4.78 is 0. The molecule has 0 bridgehead atoms. The average molecular weight is 317 g/mol. The molecule has 1 unspecified atom stereocenters. The number of nitrogens with one attached hydrogen (secondary N) is 1. The first kappa shape index (κ1) is 15.1. The summed E-state index contributed by atoms with van der Waals surface area (Å²) in [5.41, 5.74) is 1.94. The van der Waals surface area contributed by atoms with Gasteiger partial charge in [0.25, 0.3) is 0 Å². The minimum Gasteiger partial charge on any atom is -0.340 e. The highest BCUT2D eigenvalue weighted by Gasteiger charge is 2.19. The molecule has 5 heteroatoms. The van der Waals surface area contributed by atoms with Gasteiger partial charge in [0.1, 0.15) is 5.82 Å². The maximum Gasteiger partial charge on any atom is 0.227 e. The fourth-order valence-corrected chi connectivity index (χ4v) is 2.94. The first-order valence-electron chi connectivity index (χ1n) is 7.73. The molecule has 1 N–H and O–H groups in total. The lowest BCUT2D eigenvalue weighted by atomic mass is 10.0. The van der Waals surface area contributed by atoms with Crippen LogP contribution in [0.15, 0.2) is 30.3 Å². The SMILES string of the molecule is Cc1cc(Nc2ccc(Cl)cc2)nc(N2CCCC(C)C2)n1. The Bertz CT molecular complexity index is 642. The number of rotatable bonds is 3. The van der Waals surface area contributed by atoms with E-state index < -0.39 is 0 Å². The molecule has 2 aromatic rings. The van der Waals surface area contributed by atoms with Crippen LogP contribution in [0.1, 0.15) is 25.5 Å². The van der Waals surface area contributed by atoms with Crippen molar-refractivity contribution >= 4 is 29.1 Å². The van der Waals surface area contributed by atoms with Crippen molar-refractivity contribution in [1.82, 2.24) is 9.97 Å². The fourth-order valence-electron chi connectivity index (χ4n) is 2.81. The molecular weight excluding hydrogens is 296 g/mol. The molecule has 1 aliphatic rings. The topological polar surface area (TPSA) is 41.1 Å². The van der Waals surface area contributed by atoms with E-state index >= 15 is 0 Å². The third-order valence-corrected chi connectivity index (χ3v) is 4.15. The summed E-state index contributed by atoms with van der Waals surface area (Å²) in [6.45, 7) is 6.36. The zero-order valence-corrected chi connectivity index (χ0v) is 13.8. The molecule has 0 spiro atoms. The largest absolute Gasteiger partial charge is 0.340 e. The lowest BCUT2D eigenvalue weighted by molar-refractivity contribution is 0.442. The molecular formula is C17H21ClN4. The number of anilines is 3. The Kier molecular flexibility index (Phi) is 4.48. The van der Waals surface area contributed by atoms with Gasteiger partial charge in [0.2, 0.25) is 5.95 Å². The smallest absolute Gasteiger partial charge is 0.227 e. The van der Waals surface area contributed by atoms with Crippen molar-refractivity contribution in [2.45, 2.75) is 26.7 Å². The Balaban J connectivity index is 1.81. The van der Waals surface area contributed by atoms with Crippen molar-refractivity contribution in [2.24, 2.45) is 5.92 Å². The third kappa shape index (κ3) is 3.69. The van der Waals surface area contributed by atoms with Gasteiger partial charge in [-0.3, -0.25) is 0 Å². The first-order valence-corrected chi connectivity index (χ1v) is 8.11. The predicted molar refractivity (Wildman–Crippen MR) is 92.1 cm³/mol. The summed E-state index contributed by atoms with van der Waals surface area (Å²) in [6, 6.07) is 9.59. The Morgan fingerprint density at radius 3 is 2.73 bits per heavy atom. The van der Waals surface area contributed by atoms with Gasteiger partial charge in [-0.1, -0.05) is 18.5 Å². The second-order valence-electron chi connectivity index (χ2n) is 6.02. The van der Waals surface area contributed by atoms with E-state index in [9.17, 15) is 0 Å². The standard InChI is InChI=1S/C17H21ClN4/c1-12-4-3-9-22(11-12)17-19-13(2)10-16(21-17)20-15-7-5-14(18)6-8-15/h5-8,10,12H,3-4,9,11H2,1-2H3,(H,19,20,21). The summed E-state index contributed by atoms with van der Waals surface area (Å²) in [5.74, 6) is 2.34. The summed E-state index contributed by atoms with van der Waals surface area (Å²) in [6.07, 6.45) is 2.50. The van der Waals surface area contributed by atoms with E-state index in [0.29, 0.717) is 5.92 Å². The van der Waals surface area contributed by atoms with E-state index in [2.05, 4.69) is 27.1 Å². The van der Waals surface area contributed by atoms with Crippen LogP contribution in [0.2, 0.25) is 5.02 Å². The summed E-state index contributed by atoms with van der Waals surface area (Å²) in [5, 5.41) is 4.06. The molecule has 1 aliphatic heterocycles. The van der Waals surface area contributed by atoms with Crippen LogP contribution < -0.4 is 10.2 Å². The van der Waals surface area contributed by atoms with Crippen molar-refractivity contribution in [3.05, 3.63) is 41.0 Å². The summed E-state index contributed by atoms with van der Waals surface area (Å²) in [4.78, 5) is 11.6. The van der Waals surface area contributed by atoms with E-state index in [4.69, 9.17) is 11.6 Å². The molecule has 1 atom stereocenters. The highest BCUT2D eigenvalue weighted by molar-refractivity contribution is 6.30. The zero-order valence-electron chi connectivity index (χ0n) is 13.0. The zero-order chi connectivity index (χ0) is 15.5. The quantitative estimate of drug-likeness (QED) is 0.910. The normalized spacial score (nSPS) is 18.3. The monoisotopic (exact) mass is 316 g/mol. The van der Waals surface area contributed by atoms with Crippen molar-refractivity contribution in [2.75, 3.05) is 23.3 Å². The van der Waals surface area contributed by atoms with Gasteiger partial charge in [-0.2, -0.15) is 4.98 Å². The molecule has 116 valence electrons. The summed E-state index contributed by atoms with van der Waals surface area (Å²) >= 11 is 5.92. The van der Waals surface area contributed by atoms with Crippen LogP contribution in [-0.4, -0.2) is 23.1 Å². The minimum absolute atomic E-state index is 0.700. The first-order chi connectivity index (χ1) is 10.6. The Labute approximate surface area is 136 Å². The molecule has 1 aromatic carbocycles. The minimum atomic E-state index is 0.700. The molecule has 0 amide bonds. The second kappa shape index (κ2) is 6.53. The Hall–Kier alpha value is -1.81. The number of benzene rings is 1. The molecule has 0 saturated carbocycles. The van der Waals surface area contributed by atoms with Gasteiger partial charge in [0, 0.05) is 35.6 Å². The van der Waals surface area contributed by atoms with E-state index in [-0.39, 0.29) is 0 Å². The lowest BCUT2D eigenvalue weighted by Crippen LogP contribution is -2.35. The highest BCUT2D eigenvalue weighted by Crippen LogP contribution is 2.23. The van der Waals surface area contributed by atoms with Crippen molar-refractivity contribution in [3.63, 3.8) is 0 Å². The molecule has 0 aliphatic carbocycles. The molecule has 2 heterocycles. The fraction of sp³-hybridized carbons (Fsp3) is 0.412. The van der Waals surface area contributed by atoms with Crippen LogP contribution in [0.5, 0.6) is 0 Å². The molecule has 1 saturated heterocycles. The third-order valence-electron chi connectivity index (χ3n) is 3.90. The van der Waals surface area contributed by atoms with Crippen molar-refractivity contribution < 1.29 is 0 Å². The number of aryl methyl sites for hydroxylation is 1. The van der Waals surface area contributed by atoms with Gasteiger partial charge < -0.3 is 10.2 Å². The van der Waals surface area contributed by atoms with Gasteiger partial charge >= 0.3 is 0 Å². The highest BCUT2D eigenvalue weighted by atomic mass is 35.5. The number of hydrogen-bond donors (Lipinski definition) is 1. The molecule has 1 fully saturated rings. The lowest BCUT2D eigenvalue weighted by Gasteiger charge is -2.31. The molecule has 4 nitrogen and oxygen atoms in total. The number of halogens is 1. The van der Waals surface area contributed by atoms with Crippen LogP contribution in [0.4, 0.5) is 17.5 Å². The maximum absolute atomic E-state index is 5.92. The predicted octanol–water partition coefficient (Wildman–Crippen LogP) is 4.42. The second-order valence-corrected chi connectivity index (χ2v) is 6.46. The number of aromatic nitrogens is 2. The van der Waals surface area contributed by atoms with Gasteiger partial charge in [-0.15, -0.1) is 0 Å². The van der Waals surface area contributed by atoms with Crippen LogP contribution in [0, 0.1) is 12.8 Å².